The zero-order valence-electron chi connectivity index (χ0n) is 11.0. The molecule has 21 heavy (non-hydrogen) atoms. The van der Waals surface area contributed by atoms with E-state index in [-0.39, 0.29) is 12.3 Å². The van der Waals surface area contributed by atoms with Crippen LogP contribution in [-0.4, -0.2) is 22.0 Å². The maximum absolute atomic E-state index is 12.0. The normalized spacial score (nSPS) is 10.1. The van der Waals surface area contributed by atoms with Gasteiger partial charge in [-0.3, -0.25) is 9.59 Å². The Balaban J connectivity index is 2.00. The lowest BCUT2D eigenvalue weighted by Gasteiger charge is -2.06. The second kappa shape index (κ2) is 6.99. The average molecular weight is 349 g/mol. The van der Waals surface area contributed by atoms with Gasteiger partial charge in [-0.1, -0.05) is 18.2 Å². The highest BCUT2D eigenvalue weighted by Gasteiger charge is 2.08. The van der Waals surface area contributed by atoms with Gasteiger partial charge in [-0.2, -0.15) is 0 Å². The molecule has 5 nitrogen and oxygen atoms in total. The molecule has 1 heterocycles. The van der Waals surface area contributed by atoms with Gasteiger partial charge in [-0.05, 0) is 52.2 Å². The lowest BCUT2D eigenvalue weighted by atomic mass is 10.1. The SMILES string of the molecule is O=C(O)CCc1ccc(NC(=O)c2cccc(Br)n2)cc1. The number of aliphatic carboxylic acids is 1. The van der Waals surface area contributed by atoms with Crippen molar-refractivity contribution >= 4 is 33.5 Å². The molecular weight excluding hydrogens is 336 g/mol. The summed E-state index contributed by atoms with van der Waals surface area (Å²) in [5.41, 5.74) is 1.87. The summed E-state index contributed by atoms with van der Waals surface area (Å²) in [5.74, 6) is -1.12. The Morgan fingerprint density at radius 2 is 1.86 bits per heavy atom. The second-order valence-electron chi connectivity index (χ2n) is 4.39. The molecule has 0 atom stereocenters. The monoisotopic (exact) mass is 348 g/mol. The van der Waals surface area contributed by atoms with Crippen LogP contribution < -0.4 is 5.32 Å². The molecule has 1 aromatic heterocycles. The molecule has 0 radical (unpaired) electrons. The summed E-state index contributed by atoms with van der Waals surface area (Å²) in [7, 11) is 0. The number of halogens is 1. The van der Waals surface area contributed by atoms with Gasteiger partial charge in [0.05, 0.1) is 0 Å². The molecule has 0 unspecified atom stereocenters. The van der Waals surface area contributed by atoms with Gasteiger partial charge >= 0.3 is 5.97 Å². The van der Waals surface area contributed by atoms with Crippen LogP contribution >= 0.6 is 15.9 Å². The average Bonchev–Trinajstić information content (AvgIpc) is 2.46. The molecule has 2 rings (SSSR count). The Bertz CT molecular complexity index is 656. The molecule has 2 aromatic rings. The van der Waals surface area contributed by atoms with Gasteiger partial charge in [0.25, 0.3) is 5.91 Å². The fourth-order valence-corrected chi connectivity index (χ4v) is 2.08. The van der Waals surface area contributed by atoms with Gasteiger partial charge in [-0.15, -0.1) is 0 Å². The minimum absolute atomic E-state index is 0.0909. The topological polar surface area (TPSA) is 79.3 Å². The number of pyridine rings is 1. The zero-order chi connectivity index (χ0) is 15.2. The van der Waals surface area contributed by atoms with Crippen molar-refractivity contribution in [2.45, 2.75) is 12.8 Å². The molecule has 2 N–H and O–H groups in total. The molecule has 0 fully saturated rings. The van der Waals surface area contributed by atoms with Crippen LogP contribution in [0.2, 0.25) is 0 Å². The third-order valence-corrected chi connectivity index (χ3v) is 3.23. The Hall–Kier alpha value is -2.21. The number of hydrogen-bond donors (Lipinski definition) is 2. The van der Waals surface area contributed by atoms with E-state index in [2.05, 4.69) is 26.2 Å². The highest BCUT2D eigenvalue weighted by molar-refractivity contribution is 9.10. The summed E-state index contributed by atoms with van der Waals surface area (Å²) < 4.78 is 0.596. The summed E-state index contributed by atoms with van der Waals surface area (Å²) in [6.45, 7) is 0. The fourth-order valence-electron chi connectivity index (χ4n) is 1.74. The van der Waals surface area contributed by atoms with Crippen LogP contribution in [0, 0.1) is 0 Å². The van der Waals surface area contributed by atoms with Crippen LogP contribution in [-0.2, 0) is 11.2 Å². The molecule has 1 amide bonds. The number of carbonyl (C=O) groups is 2. The summed E-state index contributed by atoms with van der Waals surface area (Å²) in [5, 5.41) is 11.4. The molecule has 0 aliphatic carbocycles. The van der Waals surface area contributed by atoms with Gasteiger partial charge in [-0.25, -0.2) is 4.98 Å². The quantitative estimate of drug-likeness (QED) is 0.813. The Morgan fingerprint density at radius 3 is 2.48 bits per heavy atom. The van der Waals surface area contributed by atoms with Crippen molar-refractivity contribution in [3.63, 3.8) is 0 Å². The largest absolute Gasteiger partial charge is 0.481 e. The van der Waals surface area contributed by atoms with Crippen LogP contribution in [0.1, 0.15) is 22.5 Å². The van der Waals surface area contributed by atoms with Gasteiger partial charge in [0.1, 0.15) is 10.3 Å². The molecule has 6 heteroatoms. The summed E-state index contributed by atoms with van der Waals surface area (Å²) >= 11 is 3.22. The smallest absolute Gasteiger partial charge is 0.303 e. The van der Waals surface area contributed by atoms with E-state index in [0.29, 0.717) is 22.4 Å². The van der Waals surface area contributed by atoms with Crippen molar-refractivity contribution < 1.29 is 14.7 Å². The lowest BCUT2D eigenvalue weighted by Crippen LogP contribution is -2.13. The molecule has 0 bridgehead atoms. The molecule has 0 aliphatic heterocycles. The van der Waals surface area contributed by atoms with Crippen molar-refractivity contribution in [1.82, 2.24) is 4.98 Å². The standard InChI is InChI=1S/C15H13BrN2O3/c16-13-3-1-2-12(18-13)15(21)17-11-7-4-10(5-8-11)6-9-14(19)20/h1-5,7-8H,6,9H2,(H,17,21)(H,19,20). The number of anilines is 1. The number of benzene rings is 1. The van der Waals surface area contributed by atoms with E-state index in [1.165, 1.54) is 0 Å². The molecular formula is C15H13BrN2O3. The molecule has 0 saturated carbocycles. The van der Waals surface area contributed by atoms with E-state index in [4.69, 9.17) is 5.11 Å². The minimum Gasteiger partial charge on any atom is -0.481 e. The summed E-state index contributed by atoms with van der Waals surface area (Å²) in [6, 6.07) is 12.2. The highest BCUT2D eigenvalue weighted by Crippen LogP contribution is 2.13. The lowest BCUT2D eigenvalue weighted by molar-refractivity contribution is -0.136. The number of nitrogens with one attached hydrogen (secondary N) is 1. The third-order valence-electron chi connectivity index (χ3n) is 2.79. The first kappa shape index (κ1) is 15.2. The van der Waals surface area contributed by atoms with Crippen LogP contribution in [0.25, 0.3) is 0 Å². The number of carbonyl (C=O) groups excluding carboxylic acids is 1. The first-order chi connectivity index (χ1) is 10.0. The Labute approximate surface area is 130 Å². The number of aryl methyl sites for hydroxylation is 1. The van der Waals surface area contributed by atoms with Crippen molar-refractivity contribution in [3.8, 4) is 0 Å². The number of carboxylic acids is 1. The van der Waals surface area contributed by atoms with Gasteiger partial charge in [0.2, 0.25) is 0 Å². The number of nitrogens with zero attached hydrogens (tertiary/aromatic N) is 1. The van der Waals surface area contributed by atoms with Gasteiger partial charge < -0.3 is 10.4 Å². The molecule has 0 saturated heterocycles. The Kier molecular flexibility index (Phi) is 5.05. The molecule has 0 aliphatic rings. The highest BCUT2D eigenvalue weighted by atomic mass is 79.9. The fraction of sp³-hybridized carbons (Fsp3) is 0.133. The minimum atomic E-state index is -0.826. The summed E-state index contributed by atoms with van der Waals surface area (Å²) in [4.78, 5) is 26.6. The van der Waals surface area contributed by atoms with Crippen LogP contribution in [0.4, 0.5) is 5.69 Å². The number of carboxylic acid groups (broad SMARTS) is 1. The molecule has 108 valence electrons. The van der Waals surface area contributed by atoms with Gasteiger partial charge in [0, 0.05) is 12.1 Å². The van der Waals surface area contributed by atoms with E-state index in [1.807, 2.05) is 0 Å². The second-order valence-corrected chi connectivity index (χ2v) is 5.20. The van der Waals surface area contributed by atoms with Crippen molar-refractivity contribution in [2.75, 3.05) is 5.32 Å². The summed E-state index contributed by atoms with van der Waals surface area (Å²) in [6.07, 6.45) is 0.560. The van der Waals surface area contributed by atoms with Crippen molar-refractivity contribution in [2.24, 2.45) is 0 Å². The van der Waals surface area contributed by atoms with E-state index in [9.17, 15) is 9.59 Å². The van der Waals surface area contributed by atoms with E-state index < -0.39 is 5.97 Å². The predicted molar refractivity (Wildman–Crippen MR) is 82.3 cm³/mol. The van der Waals surface area contributed by atoms with Crippen LogP contribution in [0.3, 0.4) is 0 Å². The third kappa shape index (κ3) is 4.68. The maximum Gasteiger partial charge on any atom is 0.303 e. The van der Waals surface area contributed by atoms with Crippen LogP contribution in [0.5, 0.6) is 0 Å². The molecule has 0 spiro atoms. The van der Waals surface area contributed by atoms with Crippen LogP contribution in [0.15, 0.2) is 47.1 Å². The van der Waals surface area contributed by atoms with Crippen molar-refractivity contribution in [1.29, 1.82) is 0 Å². The van der Waals surface area contributed by atoms with E-state index in [1.54, 1.807) is 42.5 Å². The van der Waals surface area contributed by atoms with E-state index >= 15 is 0 Å². The van der Waals surface area contributed by atoms with Gasteiger partial charge in [0.15, 0.2) is 0 Å². The first-order valence-corrected chi connectivity index (χ1v) is 7.08. The zero-order valence-corrected chi connectivity index (χ0v) is 12.6. The number of hydrogen-bond acceptors (Lipinski definition) is 3. The number of amides is 1. The van der Waals surface area contributed by atoms with Crippen molar-refractivity contribution in [3.05, 3.63) is 58.3 Å². The maximum atomic E-state index is 12.0. The number of aromatic nitrogens is 1. The number of rotatable bonds is 5. The Morgan fingerprint density at radius 1 is 1.14 bits per heavy atom. The van der Waals surface area contributed by atoms with E-state index in [0.717, 1.165) is 5.56 Å². The predicted octanol–water partition coefficient (Wildman–Crippen LogP) is 3.11. The first-order valence-electron chi connectivity index (χ1n) is 6.29. The molecule has 1 aromatic carbocycles.